The van der Waals surface area contributed by atoms with E-state index in [-0.39, 0.29) is 0 Å². The zero-order valence-electron chi connectivity index (χ0n) is 6.00. The van der Waals surface area contributed by atoms with Gasteiger partial charge in [-0.2, -0.15) is 0 Å². The Bertz CT molecular complexity index is 207. The van der Waals surface area contributed by atoms with E-state index in [4.69, 9.17) is 5.73 Å². The molecule has 0 saturated carbocycles. The summed E-state index contributed by atoms with van der Waals surface area (Å²) in [4.78, 5) is 4.11. The Kier molecular flexibility index (Phi) is 2.56. The van der Waals surface area contributed by atoms with Gasteiger partial charge >= 0.3 is 0 Å². The molecular weight excluding hydrogens is 164 g/mol. The molecule has 0 aliphatic carbocycles. The number of rotatable bonds is 2. The van der Waals surface area contributed by atoms with E-state index in [2.05, 4.69) is 18.8 Å². The molecule has 0 aromatic carbocycles. The van der Waals surface area contributed by atoms with E-state index in [0.717, 1.165) is 9.34 Å². The quantitative estimate of drug-likeness (QED) is 0.699. The number of nitrogens with zero attached hydrogens (tertiary/aromatic N) is 1. The van der Waals surface area contributed by atoms with Crippen LogP contribution in [0.25, 0.3) is 0 Å². The molecule has 2 N–H and O–H groups in total. The first-order chi connectivity index (χ1) is 4.68. The van der Waals surface area contributed by atoms with Crippen LogP contribution < -0.4 is 5.73 Å². The number of nitrogens with two attached hydrogens (primary N) is 1. The lowest BCUT2D eigenvalue weighted by Gasteiger charge is -1.97. The fourth-order valence-corrected chi connectivity index (χ4v) is 2.51. The van der Waals surface area contributed by atoms with Gasteiger partial charge in [0.2, 0.25) is 0 Å². The number of aromatic nitrogens is 1. The van der Waals surface area contributed by atoms with Crippen LogP contribution in [0.3, 0.4) is 0 Å². The third-order valence-electron chi connectivity index (χ3n) is 0.839. The summed E-state index contributed by atoms with van der Waals surface area (Å²) in [5.41, 5.74) is 5.50. The summed E-state index contributed by atoms with van der Waals surface area (Å²) in [7, 11) is 0. The lowest BCUT2D eigenvalue weighted by atomic mass is 10.6. The second-order valence-corrected chi connectivity index (χ2v) is 5.08. The van der Waals surface area contributed by atoms with Crippen molar-refractivity contribution in [3.8, 4) is 0 Å². The van der Waals surface area contributed by atoms with Crippen molar-refractivity contribution in [2.45, 2.75) is 23.4 Å². The van der Waals surface area contributed by atoms with Gasteiger partial charge in [-0.25, -0.2) is 4.98 Å². The van der Waals surface area contributed by atoms with Crippen molar-refractivity contribution in [1.82, 2.24) is 4.98 Å². The number of nitrogen functional groups attached to an aromatic ring is 1. The maximum Gasteiger partial charge on any atom is 0.152 e. The lowest BCUT2D eigenvalue weighted by Crippen LogP contribution is -1.83. The summed E-state index contributed by atoms with van der Waals surface area (Å²) in [5, 5.41) is 1.38. The fourth-order valence-electron chi connectivity index (χ4n) is 0.526. The minimum atomic E-state index is 0.588. The van der Waals surface area contributed by atoms with Gasteiger partial charge in [-0.15, -0.1) is 0 Å². The van der Waals surface area contributed by atoms with Gasteiger partial charge < -0.3 is 5.73 Å². The van der Waals surface area contributed by atoms with Gasteiger partial charge in [0.25, 0.3) is 0 Å². The number of hydrogen-bond donors (Lipinski definition) is 1. The average Bonchev–Trinajstić information content (AvgIpc) is 2.13. The van der Waals surface area contributed by atoms with Crippen LogP contribution in [0.15, 0.2) is 10.5 Å². The topological polar surface area (TPSA) is 38.9 Å². The van der Waals surface area contributed by atoms with Crippen molar-refractivity contribution < 1.29 is 0 Å². The molecule has 0 radical (unpaired) electrons. The Labute approximate surface area is 68.8 Å². The first-order valence-electron chi connectivity index (χ1n) is 3.06. The monoisotopic (exact) mass is 174 g/mol. The van der Waals surface area contributed by atoms with Crippen LogP contribution in [0.4, 0.5) is 5.00 Å². The molecule has 0 amide bonds. The van der Waals surface area contributed by atoms with Gasteiger partial charge in [-0.3, -0.25) is 0 Å². The highest BCUT2D eigenvalue weighted by Gasteiger charge is 2.01. The highest BCUT2D eigenvalue weighted by Crippen LogP contribution is 2.28. The van der Waals surface area contributed by atoms with Crippen LogP contribution in [0, 0.1) is 0 Å². The zero-order chi connectivity index (χ0) is 7.56. The Morgan fingerprint density at radius 2 is 2.40 bits per heavy atom. The summed E-state index contributed by atoms with van der Waals surface area (Å²) >= 11 is 3.29. The molecule has 0 fully saturated rings. The van der Waals surface area contributed by atoms with Crippen LogP contribution in [0.2, 0.25) is 0 Å². The largest absolute Gasteiger partial charge is 0.389 e. The number of anilines is 1. The molecule has 1 aromatic heterocycles. The second-order valence-electron chi connectivity index (χ2n) is 2.20. The van der Waals surface area contributed by atoms with E-state index in [1.165, 1.54) is 0 Å². The number of thioether (sulfide) groups is 1. The molecule has 10 heavy (non-hydrogen) atoms. The smallest absolute Gasteiger partial charge is 0.152 e. The van der Waals surface area contributed by atoms with Crippen molar-refractivity contribution in [1.29, 1.82) is 0 Å². The zero-order valence-corrected chi connectivity index (χ0v) is 7.63. The minimum Gasteiger partial charge on any atom is -0.389 e. The highest BCUT2D eigenvalue weighted by atomic mass is 32.2. The Morgan fingerprint density at radius 3 is 2.80 bits per heavy atom. The lowest BCUT2D eigenvalue weighted by molar-refractivity contribution is 1.10. The van der Waals surface area contributed by atoms with Gasteiger partial charge in [0.05, 0.1) is 6.20 Å². The molecule has 1 aromatic rings. The van der Waals surface area contributed by atoms with Crippen molar-refractivity contribution in [2.75, 3.05) is 5.73 Å². The molecule has 4 heteroatoms. The molecule has 0 aliphatic heterocycles. The summed E-state index contributed by atoms with van der Waals surface area (Å²) < 4.78 is 1.06. The van der Waals surface area contributed by atoms with E-state index in [1.807, 2.05) is 0 Å². The molecule has 0 unspecified atom stereocenters. The van der Waals surface area contributed by atoms with Crippen molar-refractivity contribution in [2.24, 2.45) is 0 Å². The molecule has 0 atom stereocenters. The third-order valence-corrected chi connectivity index (χ3v) is 2.78. The van der Waals surface area contributed by atoms with Crippen LogP contribution in [0.1, 0.15) is 13.8 Å². The van der Waals surface area contributed by atoms with Crippen LogP contribution in [-0.4, -0.2) is 10.2 Å². The second kappa shape index (κ2) is 3.25. The van der Waals surface area contributed by atoms with Gasteiger partial charge in [0, 0.05) is 5.25 Å². The van der Waals surface area contributed by atoms with E-state index < -0.39 is 0 Å². The van der Waals surface area contributed by atoms with Crippen molar-refractivity contribution >= 4 is 28.1 Å². The SMILES string of the molecule is CC(C)Sc1ncc(N)s1. The van der Waals surface area contributed by atoms with Crippen LogP contribution in [-0.2, 0) is 0 Å². The third kappa shape index (κ3) is 2.19. The average molecular weight is 174 g/mol. The summed E-state index contributed by atoms with van der Waals surface area (Å²) in [6, 6.07) is 0. The predicted octanol–water partition coefficient (Wildman–Crippen LogP) is 2.23. The first kappa shape index (κ1) is 7.88. The molecule has 0 spiro atoms. The van der Waals surface area contributed by atoms with Crippen LogP contribution in [0.5, 0.6) is 0 Å². The summed E-state index contributed by atoms with van der Waals surface area (Å²) in [6.07, 6.45) is 1.70. The van der Waals surface area contributed by atoms with E-state index in [0.29, 0.717) is 5.25 Å². The molecule has 1 heterocycles. The molecule has 0 bridgehead atoms. The van der Waals surface area contributed by atoms with Crippen molar-refractivity contribution in [3.63, 3.8) is 0 Å². The Hall–Kier alpha value is -0.220. The minimum absolute atomic E-state index is 0.588. The normalized spacial score (nSPS) is 10.7. The standard InChI is InChI=1S/C6H10N2S2/c1-4(2)9-6-8-3-5(7)10-6/h3-4H,7H2,1-2H3. The van der Waals surface area contributed by atoms with Gasteiger partial charge in [-0.05, 0) is 0 Å². The predicted molar refractivity (Wildman–Crippen MR) is 47.5 cm³/mol. The van der Waals surface area contributed by atoms with Gasteiger partial charge in [0.1, 0.15) is 5.00 Å². The summed E-state index contributed by atoms with van der Waals surface area (Å²) in [6.45, 7) is 4.28. The maximum absolute atomic E-state index is 5.50. The van der Waals surface area contributed by atoms with E-state index in [9.17, 15) is 0 Å². The molecule has 56 valence electrons. The highest BCUT2D eigenvalue weighted by molar-refractivity contribution is 8.01. The van der Waals surface area contributed by atoms with E-state index >= 15 is 0 Å². The van der Waals surface area contributed by atoms with Crippen molar-refractivity contribution in [3.05, 3.63) is 6.20 Å². The fraction of sp³-hybridized carbons (Fsp3) is 0.500. The van der Waals surface area contributed by atoms with Gasteiger partial charge in [0.15, 0.2) is 4.34 Å². The molecular formula is C6H10N2S2. The molecule has 0 aliphatic rings. The van der Waals surface area contributed by atoms with Crippen LogP contribution >= 0.6 is 23.1 Å². The molecule has 1 rings (SSSR count). The molecule has 0 saturated heterocycles. The summed E-state index contributed by atoms with van der Waals surface area (Å²) in [5.74, 6) is 0. The maximum atomic E-state index is 5.50. The number of hydrogen-bond acceptors (Lipinski definition) is 4. The van der Waals surface area contributed by atoms with Gasteiger partial charge in [-0.1, -0.05) is 36.9 Å². The Balaban J connectivity index is 2.58. The Morgan fingerprint density at radius 1 is 1.70 bits per heavy atom. The van der Waals surface area contributed by atoms with E-state index in [1.54, 1.807) is 29.3 Å². The molecule has 2 nitrogen and oxygen atoms in total. The number of thiazole rings is 1. The first-order valence-corrected chi connectivity index (χ1v) is 4.76.